The highest BCUT2D eigenvalue weighted by Crippen LogP contribution is 2.06. The molecule has 0 unspecified atom stereocenters. The fourth-order valence-corrected chi connectivity index (χ4v) is 0.855. The zero-order valence-corrected chi connectivity index (χ0v) is 10.3. The second-order valence-electron chi connectivity index (χ2n) is 4.31. The minimum absolute atomic E-state index is 0.416. The summed E-state index contributed by atoms with van der Waals surface area (Å²) in [6.45, 7) is 9.39. The van der Waals surface area contributed by atoms with Crippen molar-refractivity contribution in [3.05, 3.63) is 23.9 Å². The van der Waals surface area contributed by atoms with E-state index >= 15 is 0 Å². The van der Waals surface area contributed by atoms with Crippen LogP contribution in [0.1, 0.15) is 41.0 Å². The van der Waals surface area contributed by atoms with Crippen LogP contribution in [0.15, 0.2) is 23.9 Å². The number of nitrogens with one attached hydrogen (secondary N) is 1. The third kappa shape index (κ3) is 9.06. The van der Waals surface area contributed by atoms with E-state index in [1.165, 1.54) is 0 Å². The van der Waals surface area contributed by atoms with E-state index in [-0.39, 0.29) is 0 Å². The van der Waals surface area contributed by atoms with E-state index in [4.69, 9.17) is 4.74 Å². The van der Waals surface area contributed by atoms with Crippen LogP contribution in [0.2, 0.25) is 0 Å². The van der Waals surface area contributed by atoms with Crippen molar-refractivity contribution < 1.29 is 9.53 Å². The highest BCUT2D eigenvalue weighted by molar-refractivity contribution is 5.69. The molecule has 0 radical (unpaired) electrons. The van der Waals surface area contributed by atoms with Crippen molar-refractivity contribution in [2.45, 2.75) is 46.6 Å². The molecule has 0 bridgehead atoms. The van der Waals surface area contributed by atoms with E-state index in [1.54, 1.807) is 0 Å². The van der Waals surface area contributed by atoms with Gasteiger partial charge in [-0.05, 0) is 40.2 Å². The van der Waals surface area contributed by atoms with Gasteiger partial charge in [-0.25, -0.2) is 4.79 Å². The molecule has 1 N–H and O–H groups in total. The van der Waals surface area contributed by atoms with Gasteiger partial charge in [0.25, 0.3) is 0 Å². The molecule has 0 aliphatic rings. The monoisotopic (exact) mass is 211 g/mol. The Morgan fingerprint density at radius 1 is 1.40 bits per heavy atom. The molecule has 0 fully saturated rings. The van der Waals surface area contributed by atoms with Crippen molar-refractivity contribution in [3.63, 3.8) is 0 Å². The molecule has 0 saturated heterocycles. The first-order valence-corrected chi connectivity index (χ1v) is 5.18. The van der Waals surface area contributed by atoms with E-state index in [9.17, 15) is 4.79 Å². The first kappa shape index (κ1) is 13.8. The van der Waals surface area contributed by atoms with Gasteiger partial charge in [0.1, 0.15) is 5.60 Å². The Hall–Kier alpha value is -1.25. The summed E-state index contributed by atoms with van der Waals surface area (Å²) in [6, 6.07) is 0. The molecular formula is C12H21NO2. The number of ether oxygens (including phenoxy) is 1. The molecule has 86 valence electrons. The summed E-state index contributed by atoms with van der Waals surface area (Å²) in [5.74, 6) is 0. The summed E-state index contributed by atoms with van der Waals surface area (Å²) in [5, 5.41) is 2.64. The molecule has 0 rings (SSSR count). The number of amides is 1. The van der Waals surface area contributed by atoms with Gasteiger partial charge in [0.2, 0.25) is 0 Å². The zero-order chi connectivity index (χ0) is 11.9. The molecule has 0 aromatic carbocycles. The van der Waals surface area contributed by atoms with Gasteiger partial charge in [0.05, 0.1) is 0 Å². The van der Waals surface area contributed by atoms with Crippen LogP contribution in [0.25, 0.3) is 0 Å². The van der Waals surface area contributed by atoms with Crippen molar-refractivity contribution >= 4 is 6.09 Å². The van der Waals surface area contributed by atoms with E-state index in [1.807, 2.05) is 45.9 Å². The average Bonchev–Trinajstić information content (AvgIpc) is 2.00. The summed E-state index contributed by atoms with van der Waals surface area (Å²) >= 11 is 0. The van der Waals surface area contributed by atoms with Gasteiger partial charge in [-0.15, -0.1) is 0 Å². The molecule has 0 aromatic heterocycles. The van der Waals surface area contributed by atoms with Crippen molar-refractivity contribution in [1.29, 1.82) is 0 Å². The highest BCUT2D eigenvalue weighted by Gasteiger charge is 2.15. The molecule has 0 aromatic rings. The lowest BCUT2D eigenvalue weighted by Gasteiger charge is -2.19. The molecule has 0 heterocycles. The highest BCUT2D eigenvalue weighted by atomic mass is 16.6. The van der Waals surface area contributed by atoms with Gasteiger partial charge in [0.15, 0.2) is 0 Å². The topological polar surface area (TPSA) is 38.3 Å². The Morgan fingerprint density at radius 2 is 2.00 bits per heavy atom. The van der Waals surface area contributed by atoms with Crippen molar-refractivity contribution in [2.24, 2.45) is 0 Å². The minimum atomic E-state index is -0.455. The number of hydrogen-bond acceptors (Lipinski definition) is 2. The number of alkyl carbamates (subject to hydrolysis) is 1. The van der Waals surface area contributed by atoms with Crippen LogP contribution in [0.4, 0.5) is 4.79 Å². The first-order chi connectivity index (χ1) is 6.85. The maximum absolute atomic E-state index is 11.3. The summed E-state index contributed by atoms with van der Waals surface area (Å²) in [4.78, 5) is 11.3. The van der Waals surface area contributed by atoms with Crippen molar-refractivity contribution in [1.82, 2.24) is 5.32 Å². The van der Waals surface area contributed by atoms with Crippen molar-refractivity contribution in [3.8, 4) is 0 Å². The predicted molar refractivity (Wildman–Crippen MR) is 62.6 cm³/mol. The van der Waals surface area contributed by atoms with Crippen LogP contribution in [-0.4, -0.2) is 11.7 Å². The Balaban J connectivity index is 4.07. The molecular weight excluding hydrogens is 190 g/mol. The predicted octanol–water partition coefficient (Wildman–Crippen LogP) is 3.38. The lowest BCUT2D eigenvalue weighted by molar-refractivity contribution is 0.0546. The molecule has 3 heteroatoms. The number of carbonyl (C=O) groups is 1. The lowest BCUT2D eigenvalue weighted by atomic mass is 10.2. The Bertz CT molecular complexity index is 259. The third-order valence-corrected chi connectivity index (χ3v) is 1.42. The van der Waals surface area contributed by atoms with Gasteiger partial charge in [-0.3, -0.25) is 5.32 Å². The molecule has 15 heavy (non-hydrogen) atoms. The van der Waals surface area contributed by atoms with Gasteiger partial charge in [-0.1, -0.05) is 19.1 Å². The fraction of sp³-hybridized carbons (Fsp3) is 0.583. The second kappa shape index (κ2) is 6.27. The van der Waals surface area contributed by atoms with E-state index in [2.05, 4.69) is 12.2 Å². The van der Waals surface area contributed by atoms with Crippen LogP contribution in [0.5, 0.6) is 0 Å². The second-order valence-corrected chi connectivity index (χ2v) is 4.31. The van der Waals surface area contributed by atoms with Crippen LogP contribution >= 0.6 is 0 Å². The Labute approximate surface area is 92.2 Å². The van der Waals surface area contributed by atoms with Crippen LogP contribution < -0.4 is 5.32 Å². The summed E-state index contributed by atoms with van der Waals surface area (Å²) < 4.78 is 5.10. The SMILES string of the molecule is CC/C=C\C=C(\C)NC(=O)OC(C)(C)C. The van der Waals surface area contributed by atoms with Crippen LogP contribution in [0.3, 0.4) is 0 Å². The van der Waals surface area contributed by atoms with Crippen molar-refractivity contribution in [2.75, 3.05) is 0 Å². The van der Waals surface area contributed by atoms with Gasteiger partial charge in [0, 0.05) is 5.70 Å². The largest absolute Gasteiger partial charge is 0.444 e. The molecule has 1 amide bonds. The lowest BCUT2D eigenvalue weighted by Crippen LogP contribution is -2.31. The summed E-state index contributed by atoms with van der Waals surface area (Å²) in [5.41, 5.74) is 0.317. The maximum atomic E-state index is 11.3. The Morgan fingerprint density at radius 3 is 2.47 bits per heavy atom. The van der Waals surface area contributed by atoms with Crippen LogP contribution in [-0.2, 0) is 4.74 Å². The van der Waals surface area contributed by atoms with Gasteiger partial charge < -0.3 is 4.74 Å². The van der Waals surface area contributed by atoms with Crippen LogP contribution in [0, 0.1) is 0 Å². The molecule has 0 aliphatic heterocycles. The molecule has 0 saturated carbocycles. The normalized spacial score (nSPS) is 13.0. The first-order valence-electron chi connectivity index (χ1n) is 5.18. The molecule has 0 spiro atoms. The number of rotatable bonds is 3. The number of carbonyl (C=O) groups excluding carboxylic acids is 1. The number of hydrogen-bond donors (Lipinski definition) is 1. The average molecular weight is 211 g/mol. The molecule has 0 aliphatic carbocycles. The summed E-state index contributed by atoms with van der Waals surface area (Å²) in [6.07, 6.45) is 6.33. The molecule has 0 atom stereocenters. The Kier molecular flexibility index (Phi) is 5.75. The zero-order valence-electron chi connectivity index (χ0n) is 10.3. The summed E-state index contributed by atoms with van der Waals surface area (Å²) in [7, 11) is 0. The van der Waals surface area contributed by atoms with E-state index in [0.29, 0.717) is 0 Å². The molecule has 3 nitrogen and oxygen atoms in total. The minimum Gasteiger partial charge on any atom is -0.444 e. The maximum Gasteiger partial charge on any atom is 0.411 e. The van der Waals surface area contributed by atoms with E-state index < -0.39 is 11.7 Å². The third-order valence-electron chi connectivity index (χ3n) is 1.42. The fourth-order valence-electron chi connectivity index (χ4n) is 0.855. The smallest absolute Gasteiger partial charge is 0.411 e. The number of allylic oxidation sites excluding steroid dienone is 4. The van der Waals surface area contributed by atoms with Gasteiger partial charge in [-0.2, -0.15) is 0 Å². The quantitative estimate of drug-likeness (QED) is 0.727. The van der Waals surface area contributed by atoms with Gasteiger partial charge >= 0.3 is 6.09 Å². The van der Waals surface area contributed by atoms with E-state index in [0.717, 1.165) is 12.1 Å². The standard InChI is InChI=1S/C12H21NO2/c1-6-7-8-9-10(2)13-11(14)15-12(3,4)5/h7-9H,6H2,1-5H3,(H,13,14)/b8-7-,10-9-.